The largest absolute Gasteiger partial charge is 0.494 e. The van der Waals surface area contributed by atoms with Gasteiger partial charge < -0.3 is 19.1 Å². The van der Waals surface area contributed by atoms with Gasteiger partial charge in [0.1, 0.15) is 12.4 Å². The smallest absolute Gasteiger partial charge is 0.170 e. The number of rotatable bonds is 4. The summed E-state index contributed by atoms with van der Waals surface area (Å²) in [5.74, 6) is 3.07. The van der Waals surface area contributed by atoms with Gasteiger partial charge in [-0.05, 0) is 36.0 Å². The van der Waals surface area contributed by atoms with Crippen molar-refractivity contribution in [3.05, 3.63) is 59.9 Å². The standard InChI is InChI=1S/C24H28N2O3/c1-27-22-16-24-23(28-11-4-12-29-24)15-21(22)26-9-7-25(8-10-26)17-18-13-19-5-2-3-6-20(19)14-18/h2-6,11,15-16,18H,7-10,12-14,17H2,1H3. The first-order chi connectivity index (χ1) is 14.3. The Morgan fingerprint density at radius 3 is 2.48 bits per heavy atom. The number of nitrogens with zero attached hydrogens (tertiary/aromatic N) is 2. The van der Waals surface area contributed by atoms with Crippen molar-refractivity contribution >= 4 is 5.69 Å². The van der Waals surface area contributed by atoms with Crippen molar-refractivity contribution in [1.29, 1.82) is 0 Å². The van der Waals surface area contributed by atoms with Gasteiger partial charge in [0.15, 0.2) is 11.5 Å². The molecule has 1 fully saturated rings. The number of hydrogen-bond acceptors (Lipinski definition) is 5. The molecule has 5 heteroatoms. The monoisotopic (exact) mass is 392 g/mol. The maximum absolute atomic E-state index is 5.73. The number of hydrogen-bond donors (Lipinski definition) is 0. The van der Waals surface area contributed by atoms with Crippen LogP contribution in [0, 0.1) is 5.92 Å². The zero-order valence-electron chi connectivity index (χ0n) is 17.0. The molecule has 0 unspecified atom stereocenters. The first kappa shape index (κ1) is 18.4. The lowest BCUT2D eigenvalue weighted by Crippen LogP contribution is -2.48. The Kier molecular flexibility index (Phi) is 5.06. The van der Waals surface area contributed by atoms with Crippen LogP contribution in [0.25, 0.3) is 0 Å². The molecule has 0 spiro atoms. The molecule has 1 saturated heterocycles. The summed E-state index contributed by atoms with van der Waals surface area (Å²) in [6, 6.07) is 12.9. The van der Waals surface area contributed by atoms with Gasteiger partial charge in [-0.15, -0.1) is 0 Å². The lowest BCUT2D eigenvalue weighted by molar-refractivity contribution is 0.221. The van der Waals surface area contributed by atoms with Crippen molar-refractivity contribution in [1.82, 2.24) is 4.90 Å². The van der Waals surface area contributed by atoms with Crippen LogP contribution in [0.4, 0.5) is 5.69 Å². The van der Waals surface area contributed by atoms with Crippen LogP contribution >= 0.6 is 0 Å². The van der Waals surface area contributed by atoms with Crippen LogP contribution in [0.5, 0.6) is 17.2 Å². The summed E-state index contributed by atoms with van der Waals surface area (Å²) < 4.78 is 17.1. The molecule has 0 saturated carbocycles. The van der Waals surface area contributed by atoms with Crippen LogP contribution in [0.2, 0.25) is 0 Å². The molecule has 29 heavy (non-hydrogen) atoms. The number of anilines is 1. The minimum Gasteiger partial charge on any atom is -0.494 e. The topological polar surface area (TPSA) is 34.2 Å². The lowest BCUT2D eigenvalue weighted by Gasteiger charge is -2.37. The summed E-state index contributed by atoms with van der Waals surface area (Å²) in [6.07, 6.45) is 6.01. The average molecular weight is 392 g/mol. The highest BCUT2D eigenvalue weighted by Gasteiger charge is 2.27. The molecular weight excluding hydrogens is 364 g/mol. The van der Waals surface area contributed by atoms with Crippen LogP contribution < -0.4 is 19.1 Å². The zero-order chi connectivity index (χ0) is 19.6. The third-order valence-corrected chi connectivity index (χ3v) is 6.24. The van der Waals surface area contributed by atoms with Crippen LogP contribution in [-0.2, 0) is 12.8 Å². The van der Waals surface area contributed by atoms with Crippen molar-refractivity contribution in [3.63, 3.8) is 0 Å². The summed E-state index contributed by atoms with van der Waals surface area (Å²) in [5, 5.41) is 0. The van der Waals surface area contributed by atoms with Gasteiger partial charge in [0.25, 0.3) is 0 Å². The van der Waals surface area contributed by atoms with Crippen LogP contribution in [-0.4, -0.2) is 51.3 Å². The fourth-order valence-corrected chi connectivity index (χ4v) is 4.76. The van der Waals surface area contributed by atoms with Gasteiger partial charge in [0.2, 0.25) is 0 Å². The summed E-state index contributed by atoms with van der Waals surface area (Å²) in [7, 11) is 1.72. The van der Waals surface area contributed by atoms with E-state index in [-0.39, 0.29) is 0 Å². The van der Waals surface area contributed by atoms with Gasteiger partial charge in [0, 0.05) is 44.9 Å². The molecule has 2 aliphatic heterocycles. The van der Waals surface area contributed by atoms with Gasteiger partial charge in [-0.3, -0.25) is 4.90 Å². The summed E-state index contributed by atoms with van der Waals surface area (Å²) in [4.78, 5) is 5.02. The number of benzene rings is 2. The summed E-state index contributed by atoms with van der Waals surface area (Å²) in [6.45, 7) is 5.83. The molecule has 2 aromatic carbocycles. The molecule has 2 aromatic rings. The third kappa shape index (κ3) is 3.79. The SMILES string of the molecule is COc1cc2c(cc1N1CCN(CC3Cc4ccccc4C3)CC1)OC=CCO2. The van der Waals surface area contributed by atoms with E-state index < -0.39 is 0 Å². The fourth-order valence-electron chi connectivity index (χ4n) is 4.76. The second-order valence-corrected chi connectivity index (χ2v) is 8.10. The molecule has 0 bridgehead atoms. The lowest BCUT2D eigenvalue weighted by atomic mass is 10.1. The van der Waals surface area contributed by atoms with E-state index in [9.17, 15) is 0 Å². The third-order valence-electron chi connectivity index (χ3n) is 6.24. The highest BCUT2D eigenvalue weighted by Crippen LogP contribution is 2.41. The molecule has 0 atom stereocenters. The normalized spacial score (nSPS) is 19.1. The van der Waals surface area contributed by atoms with Crippen molar-refractivity contribution < 1.29 is 14.2 Å². The number of piperazine rings is 1. The first-order valence-electron chi connectivity index (χ1n) is 10.5. The number of ether oxygens (including phenoxy) is 3. The molecular formula is C24H28N2O3. The van der Waals surface area contributed by atoms with Crippen LogP contribution in [0.15, 0.2) is 48.7 Å². The molecule has 3 aliphatic rings. The van der Waals surface area contributed by atoms with Crippen LogP contribution in [0.1, 0.15) is 11.1 Å². The van der Waals surface area contributed by atoms with E-state index in [2.05, 4.69) is 34.1 Å². The first-order valence-corrected chi connectivity index (χ1v) is 10.5. The highest BCUT2D eigenvalue weighted by molar-refractivity contribution is 5.66. The maximum Gasteiger partial charge on any atom is 0.170 e. The van der Waals surface area contributed by atoms with E-state index in [0.29, 0.717) is 6.61 Å². The van der Waals surface area contributed by atoms with Gasteiger partial charge in [0.05, 0.1) is 19.1 Å². The molecule has 0 aromatic heterocycles. The van der Waals surface area contributed by atoms with Crippen molar-refractivity contribution in [2.75, 3.05) is 51.3 Å². The van der Waals surface area contributed by atoms with Crippen molar-refractivity contribution in [2.24, 2.45) is 5.92 Å². The Bertz CT molecular complexity index is 878. The highest BCUT2D eigenvalue weighted by atomic mass is 16.5. The van der Waals surface area contributed by atoms with Crippen molar-refractivity contribution in [2.45, 2.75) is 12.8 Å². The summed E-state index contributed by atoms with van der Waals surface area (Å²) >= 11 is 0. The van der Waals surface area contributed by atoms with Gasteiger partial charge in [-0.1, -0.05) is 24.3 Å². The molecule has 5 nitrogen and oxygen atoms in total. The van der Waals surface area contributed by atoms with E-state index in [4.69, 9.17) is 14.2 Å². The minimum atomic E-state index is 0.513. The van der Waals surface area contributed by atoms with Gasteiger partial charge >= 0.3 is 0 Å². The Labute approximate surface area is 172 Å². The molecule has 0 radical (unpaired) electrons. The Morgan fingerprint density at radius 1 is 1.00 bits per heavy atom. The minimum absolute atomic E-state index is 0.513. The maximum atomic E-state index is 5.73. The molecule has 1 aliphatic carbocycles. The second kappa shape index (κ2) is 7.99. The number of fused-ring (bicyclic) bond motifs is 2. The Balaban J connectivity index is 1.23. The second-order valence-electron chi connectivity index (χ2n) is 8.10. The molecule has 0 N–H and O–H groups in total. The fraction of sp³-hybridized carbons (Fsp3) is 0.417. The zero-order valence-corrected chi connectivity index (χ0v) is 17.0. The Morgan fingerprint density at radius 2 is 1.76 bits per heavy atom. The predicted molar refractivity (Wildman–Crippen MR) is 114 cm³/mol. The Hall–Kier alpha value is -2.66. The van der Waals surface area contributed by atoms with Crippen molar-refractivity contribution in [3.8, 4) is 17.2 Å². The van der Waals surface area contributed by atoms with E-state index in [1.807, 2.05) is 18.2 Å². The van der Waals surface area contributed by atoms with Gasteiger partial charge in [-0.2, -0.15) is 0 Å². The predicted octanol–water partition coefficient (Wildman–Crippen LogP) is 3.52. The van der Waals surface area contributed by atoms with E-state index in [1.54, 1.807) is 24.5 Å². The molecule has 2 heterocycles. The van der Waals surface area contributed by atoms with E-state index >= 15 is 0 Å². The van der Waals surface area contributed by atoms with E-state index in [1.165, 1.54) is 19.4 Å². The molecule has 152 valence electrons. The molecule has 0 amide bonds. The quantitative estimate of drug-likeness (QED) is 0.795. The molecule has 5 rings (SSSR count). The van der Waals surface area contributed by atoms with Gasteiger partial charge in [-0.25, -0.2) is 0 Å². The summed E-state index contributed by atoms with van der Waals surface area (Å²) in [5.41, 5.74) is 4.17. The average Bonchev–Trinajstić information content (AvgIpc) is 3.02. The van der Waals surface area contributed by atoms with Crippen LogP contribution in [0.3, 0.4) is 0 Å². The van der Waals surface area contributed by atoms with E-state index in [0.717, 1.165) is 55.0 Å². The number of methoxy groups -OCH3 is 1.